The van der Waals surface area contributed by atoms with Gasteiger partial charge in [-0.15, -0.1) is 0 Å². The number of ether oxygens (including phenoxy) is 5. The standard InChI is InChI=1S/C9H10O9S.C6H15P.Au/c10-1-14-5-6(15-2-11)8(17-4-13)18-9(19)7(5)16-3-12;1-4-7(5-2)6-3;/h1-9,19H;4-6H2,1-3H3;/q;;+1. The van der Waals surface area contributed by atoms with Crippen LogP contribution >= 0.6 is 7.92 Å². The molecule has 0 aromatic carbocycles. The van der Waals surface area contributed by atoms with E-state index in [0.717, 1.165) is 0 Å². The van der Waals surface area contributed by atoms with Gasteiger partial charge in [0.1, 0.15) is 6.10 Å². The van der Waals surface area contributed by atoms with Crippen LogP contribution in [0.2, 0.25) is 0 Å². The fraction of sp³-hybridized carbons (Fsp3) is 0.733. The molecule has 0 N–H and O–H groups in total. The van der Waals surface area contributed by atoms with Gasteiger partial charge in [-0.05, 0) is 34.1 Å². The van der Waals surface area contributed by atoms with Gasteiger partial charge in [-0.25, -0.2) is 0 Å². The van der Waals surface area contributed by atoms with E-state index in [9.17, 15) is 19.2 Å². The molecule has 0 aromatic heterocycles. The van der Waals surface area contributed by atoms with Crippen LogP contribution in [0.5, 0.6) is 0 Å². The van der Waals surface area contributed by atoms with E-state index in [2.05, 4.69) is 39.7 Å². The van der Waals surface area contributed by atoms with Crippen LogP contribution in [-0.2, 0) is 77.9 Å². The Hall–Kier alpha value is -0.640. The average molecular weight is 609 g/mol. The minimum absolute atomic E-state index is 0. The molecule has 1 heterocycles. The maximum absolute atomic E-state index is 10.4. The summed E-state index contributed by atoms with van der Waals surface area (Å²) in [5, 5.41) is 0. The summed E-state index contributed by atoms with van der Waals surface area (Å²) < 4.78 is 23.5. The van der Waals surface area contributed by atoms with Crippen molar-refractivity contribution >= 4 is 46.4 Å². The summed E-state index contributed by atoms with van der Waals surface area (Å²) in [6, 6.07) is 0. The van der Waals surface area contributed by atoms with Crippen LogP contribution in [0, 0.1) is 0 Å². The maximum atomic E-state index is 10.4. The molecule has 0 spiro atoms. The number of carbonyl (C=O) groups excluding carboxylic acids is 4. The van der Waals surface area contributed by atoms with Crippen molar-refractivity contribution in [3.63, 3.8) is 0 Å². The monoisotopic (exact) mass is 609 g/mol. The molecule has 27 heavy (non-hydrogen) atoms. The second-order valence-corrected chi connectivity index (χ2v) is 9.09. The summed E-state index contributed by atoms with van der Waals surface area (Å²) in [7, 11) is 0.137. The largest absolute Gasteiger partial charge is 1.00 e. The number of hydrogen-bond acceptors (Lipinski definition) is 10. The Morgan fingerprint density at radius 2 is 1.19 bits per heavy atom. The molecular weight excluding hydrogens is 584 g/mol. The fourth-order valence-electron chi connectivity index (χ4n) is 2.33. The van der Waals surface area contributed by atoms with Crippen LogP contribution in [0.25, 0.3) is 0 Å². The minimum Gasteiger partial charge on any atom is -0.757 e. The minimum atomic E-state index is -1.37. The Balaban J connectivity index is 0. The molecule has 0 aromatic rings. The smallest absolute Gasteiger partial charge is 0.757 e. The first-order valence-electron chi connectivity index (χ1n) is 8.05. The zero-order valence-electron chi connectivity index (χ0n) is 15.2. The van der Waals surface area contributed by atoms with Gasteiger partial charge < -0.3 is 36.3 Å². The zero-order valence-corrected chi connectivity index (χ0v) is 19.2. The van der Waals surface area contributed by atoms with Crippen molar-refractivity contribution in [2.24, 2.45) is 0 Å². The van der Waals surface area contributed by atoms with Gasteiger partial charge in [0.15, 0.2) is 6.10 Å². The van der Waals surface area contributed by atoms with E-state index in [1.807, 2.05) is 0 Å². The van der Waals surface area contributed by atoms with Crippen molar-refractivity contribution in [2.75, 3.05) is 18.5 Å². The van der Waals surface area contributed by atoms with Gasteiger partial charge in [0.05, 0.1) is 18.5 Å². The molecule has 1 fully saturated rings. The molecule has 5 unspecified atom stereocenters. The summed E-state index contributed by atoms with van der Waals surface area (Å²) in [4.78, 5) is 41.6. The van der Waals surface area contributed by atoms with E-state index >= 15 is 0 Å². The Morgan fingerprint density at radius 1 is 0.778 bits per heavy atom. The summed E-state index contributed by atoms with van der Waals surface area (Å²) in [5.74, 6) is 0. The quantitative estimate of drug-likeness (QED) is 0.106. The van der Waals surface area contributed by atoms with Crippen molar-refractivity contribution in [1.82, 2.24) is 0 Å². The van der Waals surface area contributed by atoms with Crippen LogP contribution in [0.1, 0.15) is 20.8 Å². The maximum Gasteiger partial charge on any atom is 1.00 e. The van der Waals surface area contributed by atoms with Crippen molar-refractivity contribution < 1.29 is 65.2 Å². The van der Waals surface area contributed by atoms with E-state index in [1.54, 1.807) is 0 Å². The predicted octanol–water partition coefficient (Wildman–Crippen LogP) is 0.271. The molecule has 9 nitrogen and oxygen atoms in total. The first kappa shape index (κ1) is 28.6. The Morgan fingerprint density at radius 3 is 1.56 bits per heavy atom. The average Bonchev–Trinajstić information content (AvgIpc) is 2.63. The third-order valence-electron chi connectivity index (χ3n) is 3.78. The van der Waals surface area contributed by atoms with Gasteiger partial charge in [0.25, 0.3) is 25.9 Å². The zero-order chi connectivity index (χ0) is 19.9. The Kier molecular flexibility index (Phi) is 18.5. The molecule has 1 rings (SSSR count). The molecule has 0 bridgehead atoms. The molecule has 12 heteroatoms. The van der Waals surface area contributed by atoms with Crippen molar-refractivity contribution in [1.29, 1.82) is 0 Å². The van der Waals surface area contributed by atoms with E-state index in [0.29, 0.717) is 0 Å². The number of rotatable bonds is 11. The van der Waals surface area contributed by atoms with Gasteiger partial charge >= 0.3 is 22.4 Å². The Labute approximate surface area is 180 Å². The molecule has 1 aliphatic heterocycles. The van der Waals surface area contributed by atoms with Crippen molar-refractivity contribution in [3.05, 3.63) is 0 Å². The van der Waals surface area contributed by atoms with Crippen LogP contribution in [-0.4, -0.2) is 74.4 Å². The first-order valence-corrected chi connectivity index (χ1v) is 10.6. The molecule has 1 aliphatic rings. The van der Waals surface area contributed by atoms with E-state index < -0.39 is 30.0 Å². The number of hydrogen-bond donors (Lipinski definition) is 0. The molecule has 0 radical (unpaired) electrons. The van der Waals surface area contributed by atoms with Gasteiger partial charge in [-0.2, -0.15) is 0 Å². The molecule has 1 saturated heterocycles. The summed E-state index contributed by atoms with van der Waals surface area (Å²) in [6.07, 6.45) is -0.755. The molecule has 0 saturated carbocycles. The van der Waals surface area contributed by atoms with Crippen LogP contribution in [0.3, 0.4) is 0 Å². The van der Waals surface area contributed by atoms with Gasteiger partial charge in [0, 0.05) is 0 Å². The molecular formula is C15H25AuO9PS+. The van der Waals surface area contributed by atoms with Crippen molar-refractivity contribution in [3.8, 4) is 0 Å². The van der Waals surface area contributed by atoms with E-state index in [4.69, 9.17) is 17.4 Å². The van der Waals surface area contributed by atoms with E-state index in [-0.39, 0.29) is 56.2 Å². The summed E-state index contributed by atoms with van der Waals surface area (Å²) in [5.41, 5.74) is -1.16. The molecule has 160 valence electrons. The predicted molar refractivity (Wildman–Crippen MR) is 95.9 cm³/mol. The second kappa shape index (κ2) is 17.5. The second-order valence-electron chi connectivity index (χ2n) is 5.01. The van der Waals surface area contributed by atoms with Gasteiger partial charge in [-0.3, -0.25) is 19.2 Å². The van der Waals surface area contributed by atoms with Gasteiger partial charge in [0.2, 0.25) is 12.4 Å². The molecule has 0 amide bonds. The Bertz CT molecular complexity index is 423. The first-order chi connectivity index (χ1) is 12.5. The fourth-order valence-corrected chi connectivity index (χ4v) is 4.16. The third-order valence-corrected chi connectivity index (χ3v) is 7.16. The normalized spacial score (nSPS) is 26.3. The SMILES string of the molecule is CC[PH+](CC)CC.O=COC1OC([S-])C(OC=O)C(OC=O)C1OC=O.[Au+]. The van der Waals surface area contributed by atoms with Crippen LogP contribution in [0.4, 0.5) is 0 Å². The van der Waals surface area contributed by atoms with Crippen molar-refractivity contribution in [2.45, 2.75) is 50.8 Å². The topological polar surface area (TPSA) is 114 Å². The van der Waals surface area contributed by atoms with Crippen LogP contribution in [0.15, 0.2) is 0 Å². The summed E-state index contributed by atoms with van der Waals surface area (Å²) >= 11 is 4.85. The van der Waals surface area contributed by atoms with Gasteiger partial charge in [-0.1, -0.05) is 0 Å². The third kappa shape index (κ3) is 9.91. The molecule has 0 aliphatic carbocycles. The van der Waals surface area contributed by atoms with Crippen LogP contribution < -0.4 is 0 Å². The summed E-state index contributed by atoms with van der Waals surface area (Å²) in [6.45, 7) is 7.14. The number of carbonyl (C=O) groups is 4. The van der Waals surface area contributed by atoms with E-state index in [1.165, 1.54) is 18.5 Å². The molecule has 5 atom stereocenters.